The highest BCUT2D eigenvalue weighted by molar-refractivity contribution is 7.46. The number of hydrogen-bond acceptors (Lipinski definition) is 4. The van der Waals surface area contributed by atoms with Gasteiger partial charge in [0, 0.05) is 0 Å². The van der Waals surface area contributed by atoms with Gasteiger partial charge in [-0.05, 0) is 31.2 Å². The summed E-state index contributed by atoms with van der Waals surface area (Å²) in [5.41, 5.74) is 0.870. The van der Waals surface area contributed by atoms with E-state index in [1.165, 1.54) is 12.1 Å². The number of phosphoric ester groups is 1. The Hall–Kier alpha value is -1.20. The third kappa shape index (κ3) is 5.10. The van der Waals surface area contributed by atoms with Crippen molar-refractivity contribution in [2.75, 3.05) is 7.05 Å². The van der Waals surface area contributed by atoms with Gasteiger partial charge < -0.3 is 14.6 Å². The van der Waals surface area contributed by atoms with E-state index in [0.29, 0.717) is 6.42 Å². The molecule has 0 saturated heterocycles. The van der Waals surface area contributed by atoms with Crippen molar-refractivity contribution in [3.63, 3.8) is 0 Å². The first-order valence-electron chi connectivity index (χ1n) is 4.91. The topological polar surface area (TPSA) is 95.9 Å². The smallest absolute Gasteiger partial charge is 0.404 e. The second-order valence-corrected chi connectivity index (χ2v) is 4.62. The third-order valence-corrected chi connectivity index (χ3v) is 2.59. The number of phosphoric acid groups is 1. The average Bonchev–Trinajstić information content (AvgIpc) is 2.26. The summed E-state index contributed by atoms with van der Waals surface area (Å²) in [6, 6.07) is 5.93. The average molecular weight is 259 g/mol. The van der Waals surface area contributed by atoms with Gasteiger partial charge in [0.1, 0.15) is 12.0 Å². The quantitative estimate of drug-likeness (QED) is 0.508. The molecule has 1 atom stereocenters. The lowest BCUT2D eigenvalue weighted by Crippen LogP contribution is -2.28. The minimum atomic E-state index is -4.51. The van der Waals surface area contributed by atoms with Gasteiger partial charge in [-0.25, -0.2) is 4.57 Å². The molecule has 0 aliphatic carbocycles. The molecule has 0 radical (unpaired) electrons. The number of carbonyl (C=O) groups is 1. The Morgan fingerprint density at radius 2 is 2.00 bits per heavy atom. The predicted octanol–water partition coefficient (Wildman–Crippen LogP) is 0.487. The van der Waals surface area contributed by atoms with Crippen molar-refractivity contribution in [3.05, 3.63) is 29.8 Å². The normalized spacial score (nSPS) is 13.1. The van der Waals surface area contributed by atoms with Crippen LogP contribution in [0.15, 0.2) is 24.3 Å². The maximum Gasteiger partial charge on any atom is 0.524 e. The Bertz CT molecular complexity index is 413. The van der Waals surface area contributed by atoms with Crippen molar-refractivity contribution in [2.45, 2.75) is 12.5 Å². The number of aldehydes is 1. The molecule has 1 aromatic rings. The minimum Gasteiger partial charge on any atom is -0.404 e. The molecule has 0 spiro atoms. The van der Waals surface area contributed by atoms with Gasteiger partial charge in [-0.3, -0.25) is 9.79 Å². The van der Waals surface area contributed by atoms with E-state index < -0.39 is 7.82 Å². The van der Waals surface area contributed by atoms with Gasteiger partial charge in [0.15, 0.2) is 0 Å². The molecule has 1 aromatic carbocycles. The maximum absolute atomic E-state index is 10.6. The summed E-state index contributed by atoms with van der Waals surface area (Å²) in [6.07, 6.45) is 1.32. The summed E-state index contributed by atoms with van der Waals surface area (Å²) in [5, 5.41) is 2.83. The molecule has 17 heavy (non-hydrogen) atoms. The Morgan fingerprint density at radius 1 is 1.41 bits per heavy atom. The van der Waals surface area contributed by atoms with Crippen LogP contribution in [0.3, 0.4) is 0 Å². The molecule has 0 amide bonds. The third-order valence-electron chi connectivity index (χ3n) is 2.14. The number of rotatable bonds is 6. The van der Waals surface area contributed by atoms with E-state index in [1.54, 1.807) is 19.2 Å². The van der Waals surface area contributed by atoms with Crippen molar-refractivity contribution in [3.8, 4) is 5.75 Å². The monoisotopic (exact) mass is 259 g/mol. The fourth-order valence-corrected chi connectivity index (χ4v) is 1.69. The summed E-state index contributed by atoms with van der Waals surface area (Å²) >= 11 is 0. The molecule has 0 aliphatic heterocycles. The first-order chi connectivity index (χ1) is 7.94. The van der Waals surface area contributed by atoms with Gasteiger partial charge in [-0.1, -0.05) is 12.1 Å². The molecule has 0 fully saturated rings. The molecular formula is C10H14NO5P. The van der Waals surface area contributed by atoms with E-state index in [4.69, 9.17) is 9.79 Å². The Morgan fingerprint density at radius 3 is 2.41 bits per heavy atom. The van der Waals surface area contributed by atoms with E-state index in [9.17, 15) is 9.36 Å². The zero-order chi connectivity index (χ0) is 12.9. The van der Waals surface area contributed by atoms with Gasteiger partial charge in [0.2, 0.25) is 0 Å². The van der Waals surface area contributed by atoms with E-state index in [2.05, 4.69) is 9.84 Å². The highest BCUT2D eigenvalue weighted by Crippen LogP contribution is 2.37. The minimum absolute atomic E-state index is 0.0918. The predicted molar refractivity (Wildman–Crippen MR) is 61.7 cm³/mol. The van der Waals surface area contributed by atoms with E-state index in [-0.39, 0.29) is 11.8 Å². The highest BCUT2D eigenvalue weighted by Gasteiger charge is 2.15. The molecule has 1 rings (SSSR count). The summed E-state index contributed by atoms with van der Waals surface area (Å²) in [6.45, 7) is 0. The lowest BCUT2D eigenvalue weighted by Gasteiger charge is -2.10. The van der Waals surface area contributed by atoms with Gasteiger partial charge in [0.25, 0.3) is 0 Å². The number of benzene rings is 1. The van der Waals surface area contributed by atoms with Gasteiger partial charge in [-0.15, -0.1) is 0 Å². The molecule has 0 heterocycles. The van der Waals surface area contributed by atoms with E-state index in [1.807, 2.05) is 0 Å². The van der Waals surface area contributed by atoms with Crippen LogP contribution >= 0.6 is 7.82 Å². The van der Waals surface area contributed by atoms with Crippen LogP contribution in [0.1, 0.15) is 5.56 Å². The number of nitrogens with one attached hydrogen (secondary N) is 1. The molecular weight excluding hydrogens is 245 g/mol. The maximum atomic E-state index is 10.6. The Kier molecular flexibility index (Phi) is 4.84. The van der Waals surface area contributed by atoms with Gasteiger partial charge in [-0.2, -0.15) is 0 Å². The molecule has 0 bridgehead atoms. The van der Waals surface area contributed by atoms with Crippen molar-refractivity contribution < 1.29 is 23.7 Å². The van der Waals surface area contributed by atoms with Crippen LogP contribution in [-0.2, 0) is 15.8 Å². The molecule has 7 heteroatoms. The number of hydrogen-bond donors (Lipinski definition) is 3. The number of likely N-dealkylation sites (N-methyl/N-ethyl adjacent to an activating group) is 1. The van der Waals surface area contributed by atoms with Crippen molar-refractivity contribution in [1.82, 2.24) is 5.32 Å². The fourth-order valence-electron chi connectivity index (χ4n) is 1.30. The Balaban J connectivity index is 2.68. The van der Waals surface area contributed by atoms with Crippen LogP contribution in [0.2, 0.25) is 0 Å². The first kappa shape index (κ1) is 13.9. The second kappa shape index (κ2) is 5.93. The van der Waals surface area contributed by atoms with E-state index in [0.717, 1.165) is 11.8 Å². The van der Waals surface area contributed by atoms with Crippen LogP contribution in [0.5, 0.6) is 5.75 Å². The van der Waals surface area contributed by atoms with Crippen molar-refractivity contribution in [2.24, 2.45) is 0 Å². The Labute approximate surface area is 98.9 Å². The standard InChI is InChI=1S/C10H14NO5P/c1-11-9(7-12)6-8-2-4-10(5-3-8)16-17(13,14)15/h2-5,7,9,11H,6H2,1H3,(H2,13,14,15)/t9-/m0/s1. The van der Waals surface area contributed by atoms with Crippen LogP contribution in [0.4, 0.5) is 0 Å². The SMILES string of the molecule is CN[C@H](C=O)Cc1ccc(OP(=O)(O)O)cc1. The summed E-state index contributed by atoms with van der Waals surface area (Å²) < 4.78 is 15.0. The molecule has 3 N–H and O–H groups in total. The summed E-state index contributed by atoms with van der Waals surface area (Å²) in [4.78, 5) is 27.8. The van der Waals surface area contributed by atoms with E-state index >= 15 is 0 Å². The number of carbonyl (C=O) groups excluding carboxylic acids is 1. The van der Waals surface area contributed by atoms with Crippen molar-refractivity contribution >= 4 is 14.1 Å². The molecule has 0 aliphatic rings. The summed E-state index contributed by atoms with van der Waals surface area (Å²) in [5.74, 6) is 0.0918. The second-order valence-electron chi connectivity index (χ2n) is 3.46. The molecule has 0 unspecified atom stereocenters. The van der Waals surface area contributed by atoms with Crippen LogP contribution in [0.25, 0.3) is 0 Å². The van der Waals surface area contributed by atoms with Crippen molar-refractivity contribution in [1.29, 1.82) is 0 Å². The van der Waals surface area contributed by atoms with Gasteiger partial charge in [0.05, 0.1) is 6.04 Å². The zero-order valence-electron chi connectivity index (χ0n) is 9.24. The highest BCUT2D eigenvalue weighted by atomic mass is 31.2. The largest absolute Gasteiger partial charge is 0.524 e. The lowest BCUT2D eigenvalue weighted by atomic mass is 10.1. The van der Waals surface area contributed by atoms with Gasteiger partial charge >= 0.3 is 7.82 Å². The summed E-state index contributed by atoms with van der Waals surface area (Å²) in [7, 11) is -2.83. The van der Waals surface area contributed by atoms with Crippen LogP contribution in [0, 0.1) is 0 Å². The van der Waals surface area contributed by atoms with Crippen LogP contribution in [-0.4, -0.2) is 29.2 Å². The molecule has 0 aromatic heterocycles. The fraction of sp³-hybridized carbons (Fsp3) is 0.300. The molecule has 6 nitrogen and oxygen atoms in total. The van der Waals surface area contributed by atoms with Crippen LogP contribution < -0.4 is 9.84 Å². The molecule has 94 valence electrons. The lowest BCUT2D eigenvalue weighted by molar-refractivity contribution is -0.109. The molecule has 0 saturated carbocycles. The first-order valence-corrected chi connectivity index (χ1v) is 6.44. The zero-order valence-corrected chi connectivity index (χ0v) is 10.1.